The van der Waals surface area contributed by atoms with Crippen LogP contribution in [-0.4, -0.2) is 24.0 Å². The van der Waals surface area contributed by atoms with Gasteiger partial charge in [0.25, 0.3) is 0 Å². The van der Waals surface area contributed by atoms with Gasteiger partial charge in [-0.05, 0) is 41.9 Å². The van der Waals surface area contributed by atoms with Crippen LogP contribution < -0.4 is 0 Å². The van der Waals surface area contributed by atoms with Crippen LogP contribution in [0.2, 0.25) is 0 Å². The molecule has 0 amide bonds. The summed E-state index contributed by atoms with van der Waals surface area (Å²) in [6, 6.07) is 7.62. The smallest absolute Gasteiger partial charge is 0.373 e. The van der Waals surface area contributed by atoms with E-state index in [1.54, 1.807) is 6.08 Å². The molecule has 1 saturated carbocycles. The highest BCUT2D eigenvalue weighted by Crippen LogP contribution is 2.37. The molecule has 1 fully saturated rings. The zero-order valence-electron chi connectivity index (χ0n) is 16.3. The summed E-state index contributed by atoms with van der Waals surface area (Å²) in [4.78, 5) is 12.3. The van der Waals surface area contributed by atoms with Gasteiger partial charge in [0.05, 0.1) is 13.2 Å². The zero-order chi connectivity index (χ0) is 19.8. The van der Waals surface area contributed by atoms with E-state index in [4.69, 9.17) is 19.3 Å². The molecule has 5 heteroatoms. The molecule has 1 aliphatic carbocycles. The fourth-order valence-corrected chi connectivity index (χ4v) is 3.96. The van der Waals surface area contributed by atoms with Crippen LogP contribution in [0.15, 0.2) is 48.8 Å². The number of rotatable bonds is 8. The Balaban J connectivity index is 1.65. The molecule has 3 rings (SSSR count). The summed E-state index contributed by atoms with van der Waals surface area (Å²) < 4.78 is 17.0. The van der Waals surface area contributed by atoms with Crippen molar-refractivity contribution in [1.82, 2.24) is 0 Å². The predicted octanol–water partition coefficient (Wildman–Crippen LogP) is 4.25. The van der Waals surface area contributed by atoms with E-state index in [0.29, 0.717) is 12.5 Å². The highest BCUT2D eigenvalue weighted by Gasteiger charge is 2.33. The molecule has 1 heterocycles. The lowest BCUT2D eigenvalue weighted by atomic mass is 9.77. The Labute approximate surface area is 167 Å². The second kappa shape index (κ2) is 10.4. The van der Waals surface area contributed by atoms with Crippen molar-refractivity contribution >= 4 is 5.97 Å². The molecule has 0 saturated heterocycles. The lowest BCUT2D eigenvalue weighted by Crippen LogP contribution is -2.32. The van der Waals surface area contributed by atoms with Gasteiger partial charge in [0.2, 0.25) is 12.0 Å². The third kappa shape index (κ3) is 5.69. The molecule has 5 nitrogen and oxygen atoms in total. The van der Waals surface area contributed by atoms with Gasteiger partial charge in [0, 0.05) is 6.42 Å². The quantitative estimate of drug-likeness (QED) is 0.534. The maximum absolute atomic E-state index is 12.3. The van der Waals surface area contributed by atoms with Crippen molar-refractivity contribution in [3.63, 3.8) is 0 Å². The van der Waals surface area contributed by atoms with E-state index in [1.165, 1.54) is 32.1 Å². The van der Waals surface area contributed by atoms with E-state index >= 15 is 0 Å². The van der Waals surface area contributed by atoms with Crippen LogP contribution >= 0.6 is 0 Å². The molecule has 1 aromatic carbocycles. The lowest BCUT2D eigenvalue weighted by Gasteiger charge is -2.34. The Kier molecular flexibility index (Phi) is 7.69. The number of hydrogen-bond donors (Lipinski definition) is 1. The number of aliphatic hydroxyl groups excluding tert-OH is 1. The highest BCUT2D eigenvalue weighted by atomic mass is 16.7. The minimum absolute atomic E-state index is 0.0247. The molecule has 2 atom stereocenters. The molecule has 1 N–H and O–H groups in total. The maximum Gasteiger partial charge on any atom is 0.373 e. The Hall–Kier alpha value is -2.11. The largest absolute Gasteiger partial charge is 0.458 e. The summed E-state index contributed by atoms with van der Waals surface area (Å²) in [6.45, 7) is 4.16. The van der Waals surface area contributed by atoms with Crippen LogP contribution in [0.1, 0.15) is 49.7 Å². The first-order valence-electron chi connectivity index (χ1n) is 10.2. The Morgan fingerprint density at radius 2 is 1.89 bits per heavy atom. The van der Waals surface area contributed by atoms with E-state index in [9.17, 15) is 4.79 Å². The highest BCUT2D eigenvalue weighted by molar-refractivity contribution is 5.86. The number of carbonyl (C=O) groups excluding carboxylic acids is 1. The second-order valence-electron chi connectivity index (χ2n) is 7.55. The molecule has 2 aliphatic rings. The van der Waals surface area contributed by atoms with Gasteiger partial charge < -0.3 is 19.3 Å². The first-order valence-corrected chi connectivity index (χ1v) is 10.2. The summed E-state index contributed by atoms with van der Waals surface area (Å²) >= 11 is 0. The van der Waals surface area contributed by atoms with Crippen molar-refractivity contribution in [2.24, 2.45) is 11.8 Å². The molecule has 0 unspecified atom stereocenters. The third-order valence-corrected chi connectivity index (χ3v) is 5.52. The van der Waals surface area contributed by atoms with Gasteiger partial charge in [-0.3, -0.25) is 0 Å². The molecule has 0 radical (unpaired) electrons. The normalized spacial score (nSPS) is 22.8. The van der Waals surface area contributed by atoms with Crippen LogP contribution in [0.25, 0.3) is 0 Å². The Bertz CT molecular complexity index is 673. The molecular formula is C23H30O5. The third-order valence-electron chi connectivity index (χ3n) is 5.52. The maximum atomic E-state index is 12.3. The fourth-order valence-electron chi connectivity index (χ4n) is 3.96. The van der Waals surface area contributed by atoms with Gasteiger partial charge in [-0.1, -0.05) is 56.2 Å². The summed E-state index contributed by atoms with van der Waals surface area (Å²) in [5.41, 5.74) is 1.87. The fraction of sp³-hybridized carbons (Fsp3) is 0.522. The van der Waals surface area contributed by atoms with Crippen molar-refractivity contribution in [3.05, 3.63) is 59.9 Å². The number of aliphatic hydroxyl groups is 1. The van der Waals surface area contributed by atoms with E-state index < -0.39 is 12.3 Å². The average molecular weight is 386 g/mol. The van der Waals surface area contributed by atoms with Gasteiger partial charge in [0.15, 0.2) is 0 Å². The van der Waals surface area contributed by atoms with Gasteiger partial charge in [0.1, 0.15) is 6.61 Å². The van der Waals surface area contributed by atoms with E-state index in [0.717, 1.165) is 17.5 Å². The molecule has 0 aromatic heterocycles. The standard InChI is InChI=1S/C23H30O5/c1-2-12-26-23(25)21-13-20(19-6-4-3-5-7-19)14-22(28-21)27-16-18-10-8-17(15-24)9-11-18/h2,8-11,13,19-20,22,24H,1,3-7,12,14-16H2/t20-,22+/m0/s1. The Morgan fingerprint density at radius 3 is 2.57 bits per heavy atom. The summed E-state index contributed by atoms with van der Waals surface area (Å²) in [7, 11) is 0. The predicted molar refractivity (Wildman–Crippen MR) is 106 cm³/mol. The molecule has 0 bridgehead atoms. The number of benzene rings is 1. The van der Waals surface area contributed by atoms with E-state index in [1.807, 2.05) is 30.3 Å². The first-order chi connectivity index (χ1) is 13.7. The van der Waals surface area contributed by atoms with Crippen LogP contribution in [0, 0.1) is 11.8 Å². The van der Waals surface area contributed by atoms with Gasteiger partial charge >= 0.3 is 5.97 Å². The van der Waals surface area contributed by atoms with Crippen molar-refractivity contribution in [3.8, 4) is 0 Å². The van der Waals surface area contributed by atoms with Crippen LogP contribution in [0.5, 0.6) is 0 Å². The van der Waals surface area contributed by atoms with Gasteiger partial charge in [-0.15, -0.1) is 0 Å². The molecule has 152 valence electrons. The van der Waals surface area contributed by atoms with Gasteiger partial charge in [-0.25, -0.2) is 4.79 Å². The minimum atomic E-state index is -0.472. The zero-order valence-corrected chi connectivity index (χ0v) is 16.3. The molecule has 1 aromatic rings. The van der Waals surface area contributed by atoms with Crippen molar-refractivity contribution in [1.29, 1.82) is 0 Å². The topological polar surface area (TPSA) is 65.0 Å². The van der Waals surface area contributed by atoms with Crippen molar-refractivity contribution in [2.45, 2.75) is 58.0 Å². The number of ether oxygens (including phenoxy) is 3. The summed E-state index contributed by atoms with van der Waals surface area (Å²) in [5, 5.41) is 9.15. The average Bonchev–Trinajstić information content (AvgIpc) is 2.76. The number of esters is 1. The second-order valence-corrected chi connectivity index (χ2v) is 7.55. The monoisotopic (exact) mass is 386 g/mol. The van der Waals surface area contributed by atoms with Gasteiger partial charge in [-0.2, -0.15) is 0 Å². The van der Waals surface area contributed by atoms with Crippen molar-refractivity contribution in [2.75, 3.05) is 6.61 Å². The van der Waals surface area contributed by atoms with Crippen molar-refractivity contribution < 1.29 is 24.1 Å². The van der Waals surface area contributed by atoms with Crippen LogP contribution in [0.4, 0.5) is 0 Å². The SMILES string of the molecule is C=CCOC(=O)C1=C[C@H](C2CCCCC2)C[C@H](OCc2ccc(CO)cc2)O1. The minimum Gasteiger partial charge on any atom is -0.458 e. The molecular weight excluding hydrogens is 356 g/mol. The van der Waals surface area contributed by atoms with Crippen LogP contribution in [0.3, 0.4) is 0 Å². The van der Waals surface area contributed by atoms with E-state index in [2.05, 4.69) is 6.58 Å². The number of hydrogen-bond acceptors (Lipinski definition) is 5. The lowest BCUT2D eigenvalue weighted by molar-refractivity contribution is -0.167. The molecule has 0 spiro atoms. The Morgan fingerprint density at radius 1 is 1.18 bits per heavy atom. The van der Waals surface area contributed by atoms with E-state index in [-0.39, 0.29) is 24.9 Å². The van der Waals surface area contributed by atoms with Crippen LogP contribution in [-0.2, 0) is 32.2 Å². The summed E-state index contributed by atoms with van der Waals surface area (Å²) in [5.74, 6) is 0.627. The molecule has 1 aliphatic heterocycles. The first kappa shape index (κ1) is 20.6. The number of carbonyl (C=O) groups is 1. The number of allylic oxidation sites excluding steroid dienone is 1. The summed E-state index contributed by atoms with van der Waals surface area (Å²) in [6.07, 6.45) is 9.92. The molecule has 28 heavy (non-hydrogen) atoms.